The minimum atomic E-state index is -0.0357. The van der Waals surface area contributed by atoms with Gasteiger partial charge in [-0.1, -0.05) is 25.4 Å². The minimum Gasteiger partial charge on any atom is -0.493 e. The van der Waals surface area contributed by atoms with Crippen molar-refractivity contribution in [2.45, 2.75) is 39.8 Å². The topological polar surface area (TPSA) is 50.8 Å². The Bertz CT molecular complexity index is 596. The number of carbonyl (C=O) groups is 1. The zero-order valence-corrected chi connectivity index (χ0v) is 17.0. The van der Waals surface area contributed by atoms with E-state index >= 15 is 0 Å². The normalized spacial score (nSPS) is 20.2. The number of ether oxygens (including phenoxy) is 2. The average molecular weight is 391 g/mol. The van der Waals surface area contributed by atoms with Crippen molar-refractivity contribution in [1.29, 1.82) is 0 Å². The van der Waals surface area contributed by atoms with Gasteiger partial charge in [0.05, 0.1) is 18.7 Å². The second-order valence-corrected chi connectivity index (χ2v) is 7.08. The van der Waals surface area contributed by atoms with Gasteiger partial charge in [0.15, 0.2) is 11.5 Å². The lowest BCUT2D eigenvalue weighted by Gasteiger charge is -2.38. The van der Waals surface area contributed by atoms with Crippen LogP contribution in [0.3, 0.4) is 0 Å². The van der Waals surface area contributed by atoms with Gasteiger partial charge < -0.3 is 19.7 Å². The van der Waals surface area contributed by atoms with Gasteiger partial charge in [-0.25, -0.2) is 0 Å². The molecule has 1 aliphatic rings. The fraction of sp³-hybridized carbons (Fsp3) is 0.611. The van der Waals surface area contributed by atoms with E-state index in [1.165, 1.54) is 0 Å². The summed E-state index contributed by atoms with van der Waals surface area (Å²) in [6, 6.07) is 3.76. The molecule has 2 rings (SSSR count). The molecular formula is C18H28Cl2N2O3. The van der Waals surface area contributed by atoms with Gasteiger partial charge in [-0.15, -0.1) is 12.4 Å². The average Bonchev–Trinajstić information content (AvgIpc) is 2.54. The number of methoxy groups -OCH3 is 1. The second kappa shape index (κ2) is 9.51. The summed E-state index contributed by atoms with van der Waals surface area (Å²) in [4.78, 5) is 14.8. The Morgan fingerprint density at radius 3 is 2.68 bits per heavy atom. The Morgan fingerprint density at radius 1 is 1.40 bits per heavy atom. The molecule has 0 bridgehead atoms. The molecule has 1 amide bonds. The van der Waals surface area contributed by atoms with Crippen LogP contribution in [0.5, 0.6) is 11.5 Å². The van der Waals surface area contributed by atoms with Crippen molar-refractivity contribution in [3.63, 3.8) is 0 Å². The lowest BCUT2D eigenvalue weighted by molar-refractivity contribution is 0.0602. The molecular weight excluding hydrogens is 363 g/mol. The van der Waals surface area contributed by atoms with E-state index in [9.17, 15) is 4.79 Å². The Hall–Kier alpha value is -1.17. The standard InChI is InChI=1S/C18H27ClN2O3.ClH/c1-11(2)10-24-17-15(19)8-14(9-16(17)23-5)18(22)21-7-6-20-12(3)13(21)4;/h8-9,11-13,20H,6-7,10H2,1-5H3;1H. The molecule has 1 heterocycles. The van der Waals surface area contributed by atoms with E-state index < -0.39 is 0 Å². The van der Waals surface area contributed by atoms with Crippen LogP contribution in [0.1, 0.15) is 38.1 Å². The van der Waals surface area contributed by atoms with Crippen LogP contribution in [0.25, 0.3) is 0 Å². The molecule has 2 unspecified atom stereocenters. The molecule has 25 heavy (non-hydrogen) atoms. The molecule has 1 aromatic carbocycles. The second-order valence-electron chi connectivity index (χ2n) is 6.68. The van der Waals surface area contributed by atoms with Crippen LogP contribution in [0.4, 0.5) is 0 Å². The van der Waals surface area contributed by atoms with Crippen molar-refractivity contribution >= 4 is 29.9 Å². The van der Waals surface area contributed by atoms with Crippen LogP contribution < -0.4 is 14.8 Å². The summed E-state index contributed by atoms with van der Waals surface area (Å²) >= 11 is 6.36. The molecule has 1 saturated heterocycles. The molecule has 5 nitrogen and oxygen atoms in total. The van der Waals surface area contributed by atoms with Gasteiger partial charge in [0.2, 0.25) is 0 Å². The van der Waals surface area contributed by atoms with Gasteiger partial charge in [0, 0.05) is 30.7 Å². The molecule has 142 valence electrons. The third-order valence-corrected chi connectivity index (χ3v) is 4.61. The Morgan fingerprint density at radius 2 is 2.08 bits per heavy atom. The predicted molar refractivity (Wildman–Crippen MR) is 104 cm³/mol. The van der Waals surface area contributed by atoms with E-state index in [2.05, 4.69) is 26.1 Å². The highest BCUT2D eigenvalue weighted by Crippen LogP contribution is 2.37. The molecule has 0 radical (unpaired) electrons. The largest absolute Gasteiger partial charge is 0.493 e. The molecule has 0 aliphatic carbocycles. The van der Waals surface area contributed by atoms with Gasteiger partial charge in [0.25, 0.3) is 5.91 Å². The molecule has 0 saturated carbocycles. The maximum atomic E-state index is 12.9. The molecule has 1 aromatic rings. The molecule has 0 spiro atoms. The number of benzene rings is 1. The summed E-state index contributed by atoms with van der Waals surface area (Å²) < 4.78 is 11.1. The first-order valence-corrected chi connectivity index (χ1v) is 8.77. The molecule has 1 fully saturated rings. The van der Waals surface area contributed by atoms with Crippen molar-refractivity contribution in [3.05, 3.63) is 22.7 Å². The fourth-order valence-electron chi connectivity index (χ4n) is 2.74. The van der Waals surface area contributed by atoms with Crippen LogP contribution in [-0.4, -0.2) is 49.7 Å². The van der Waals surface area contributed by atoms with Crippen LogP contribution in [-0.2, 0) is 0 Å². The van der Waals surface area contributed by atoms with E-state index in [0.717, 1.165) is 6.54 Å². The number of nitrogens with one attached hydrogen (secondary N) is 1. The smallest absolute Gasteiger partial charge is 0.254 e. The molecule has 0 aromatic heterocycles. The van der Waals surface area contributed by atoms with E-state index in [1.54, 1.807) is 19.2 Å². The van der Waals surface area contributed by atoms with Crippen molar-refractivity contribution < 1.29 is 14.3 Å². The van der Waals surface area contributed by atoms with Crippen molar-refractivity contribution in [2.75, 3.05) is 26.8 Å². The summed E-state index contributed by atoms with van der Waals surface area (Å²) in [5, 5.41) is 3.77. The van der Waals surface area contributed by atoms with Crippen LogP contribution >= 0.6 is 24.0 Å². The van der Waals surface area contributed by atoms with E-state index in [4.69, 9.17) is 21.1 Å². The minimum absolute atomic E-state index is 0. The van der Waals surface area contributed by atoms with Crippen LogP contribution in [0, 0.1) is 5.92 Å². The van der Waals surface area contributed by atoms with Crippen molar-refractivity contribution in [1.82, 2.24) is 10.2 Å². The van der Waals surface area contributed by atoms with Gasteiger partial charge in [-0.3, -0.25) is 4.79 Å². The van der Waals surface area contributed by atoms with Crippen LogP contribution in [0.2, 0.25) is 5.02 Å². The maximum absolute atomic E-state index is 12.9. The number of piperazine rings is 1. The Labute approximate surface area is 161 Å². The van der Waals surface area contributed by atoms with Crippen LogP contribution in [0.15, 0.2) is 12.1 Å². The van der Waals surface area contributed by atoms with E-state index in [-0.39, 0.29) is 30.4 Å². The SMILES string of the molecule is COc1cc(C(=O)N2CCNC(C)C2C)cc(Cl)c1OCC(C)C.Cl. The number of amides is 1. The Balaban J connectivity index is 0.00000312. The first-order chi connectivity index (χ1) is 11.3. The summed E-state index contributed by atoms with van der Waals surface area (Å²) in [5.41, 5.74) is 0.523. The summed E-state index contributed by atoms with van der Waals surface area (Å²) in [7, 11) is 1.55. The maximum Gasteiger partial charge on any atom is 0.254 e. The predicted octanol–water partition coefficient (Wildman–Crippen LogP) is 3.63. The zero-order chi connectivity index (χ0) is 17.9. The first-order valence-electron chi connectivity index (χ1n) is 8.39. The number of nitrogens with zero attached hydrogens (tertiary/aromatic N) is 1. The Kier molecular flexibility index (Phi) is 8.32. The molecule has 1 aliphatic heterocycles. The number of hydrogen-bond donors (Lipinski definition) is 1. The number of carbonyl (C=O) groups excluding carboxylic acids is 1. The highest BCUT2D eigenvalue weighted by atomic mass is 35.5. The third-order valence-electron chi connectivity index (χ3n) is 4.33. The summed E-state index contributed by atoms with van der Waals surface area (Å²) in [5.74, 6) is 1.32. The monoisotopic (exact) mass is 390 g/mol. The highest BCUT2D eigenvalue weighted by Gasteiger charge is 2.29. The number of hydrogen-bond acceptors (Lipinski definition) is 4. The quantitative estimate of drug-likeness (QED) is 0.833. The lowest BCUT2D eigenvalue weighted by Crippen LogP contribution is -2.57. The van der Waals surface area contributed by atoms with Gasteiger partial charge in [-0.05, 0) is 31.9 Å². The molecule has 1 N–H and O–H groups in total. The summed E-state index contributed by atoms with van der Waals surface area (Å²) in [6.07, 6.45) is 0. The molecule has 7 heteroatoms. The van der Waals surface area contributed by atoms with E-state index in [1.807, 2.05) is 11.8 Å². The van der Waals surface area contributed by atoms with E-state index in [0.29, 0.717) is 41.2 Å². The number of halogens is 2. The third kappa shape index (κ3) is 5.16. The molecule has 2 atom stereocenters. The summed E-state index contributed by atoms with van der Waals surface area (Å²) in [6.45, 7) is 10.3. The van der Waals surface area contributed by atoms with Gasteiger partial charge >= 0.3 is 0 Å². The van der Waals surface area contributed by atoms with Gasteiger partial charge in [-0.2, -0.15) is 0 Å². The first kappa shape index (κ1) is 21.9. The van der Waals surface area contributed by atoms with Crippen molar-refractivity contribution in [2.24, 2.45) is 5.92 Å². The fourth-order valence-corrected chi connectivity index (χ4v) is 3.01. The zero-order valence-electron chi connectivity index (χ0n) is 15.5. The highest BCUT2D eigenvalue weighted by molar-refractivity contribution is 6.32. The number of rotatable bonds is 5. The lowest BCUT2D eigenvalue weighted by atomic mass is 10.0. The van der Waals surface area contributed by atoms with Crippen molar-refractivity contribution in [3.8, 4) is 11.5 Å². The van der Waals surface area contributed by atoms with Gasteiger partial charge in [0.1, 0.15) is 0 Å².